The van der Waals surface area contributed by atoms with Crippen LogP contribution in [-0.2, 0) is 11.3 Å². The molecule has 13 heavy (non-hydrogen) atoms. The number of nitrogens with one attached hydrogen (secondary N) is 1. The van der Waals surface area contributed by atoms with Gasteiger partial charge in [-0.3, -0.25) is 24.8 Å². The van der Waals surface area contributed by atoms with E-state index in [0.29, 0.717) is 0 Å². The van der Waals surface area contributed by atoms with E-state index >= 15 is 0 Å². The second kappa shape index (κ2) is 3.63. The van der Waals surface area contributed by atoms with Gasteiger partial charge in [-0.15, -0.1) is 0 Å². The Balaban J connectivity index is 2.69. The average molecular weight is 186 g/mol. The van der Waals surface area contributed by atoms with E-state index in [1.54, 1.807) is 0 Å². The molecule has 0 bridgehead atoms. The molecule has 8 nitrogen and oxygen atoms in total. The van der Waals surface area contributed by atoms with Gasteiger partial charge in [-0.05, 0) is 0 Å². The first-order chi connectivity index (χ1) is 6.13. The van der Waals surface area contributed by atoms with Crippen molar-refractivity contribution in [2.45, 2.75) is 6.54 Å². The molecule has 1 heterocycles. The Hall–Kier alpha value is -1.96. The van der Waals surface area contributed by atoms with Crippen molar-refractivity contribution in [2.75, 3.05) is 0 Å². The molecule has 0 fully saturated rings. The van der Waals surface area contributed by atoms with Crippen molar-refractivity contribution in [3.05, 3.63) is 22.5 Å². The Bertz CT molecular complexity index is 333. The van der Waals surface area contributed by atoms with E-state index in [4.69, 9.17) is 5.21 Å². The summed E-state index contributed by atoms with van der Waals surface area (Å²) in [6.07, 6.45) is 2.11. The van der Waals surface area contributed by atoms with E-state index in [1.165, 1.54) is 5.48 Å². The van der Waals surface area contributed by atoms with Crippen molar-refractivity contribution in [3.8, 4) is 0 Å². The van der Waals surface area contributed by atoms with Crippen molar-refractivity contribution < 1.29 is 14.9 Å². The molecule has 0 saturated carbocycles. The highest BCUT2D eigenvalue weighted by Crippen LogP contribution is 2.06. The fourth-order valence-corrected chi connectivity index (χ4v) is 0.716. The molecule has 8 heteroatoms. The molecule has 0 atom stereocenters. The van der Waals surface area contributed by atoms with Crippen LogP contribution in [0.2, 0.25) is 0 Å². The molecule has 0 saturated heterocycles. The predicted octanol–water partition coefficient (Wildman–Crippen LogP) is -0.703. The van der Waals surface area contributed by atoms with Gasteiger partial charge in [0, 0.05) is 0 Å². The van der Waals surface area contributed by atoms with Gasteiger partial charge in [0.25, 0.3) is 5.91 Å². The number of aromatic nitrogens is 2. The minimum Gasteiger partial charge on any atom is -0.289 e. The molecule has 0 radical (unpaired) electrons. The van der Waals surface area contributed by atoms with Gasteiger partial charge in [0.2, 0.25) is 0 Å². The van der Waals surface area contributed by atoms with Crippen molar-refractivity contribution in [2.24, 2.45) is 0 Å². The molecule has 0 spiro atoms. The molecular weight excluding hydrogens is 180 g/mol. The van der Waals surface area contributed by atoms with Crippen molar-refractivity contribution in [3.63, 3.8) is 0 Å². The van der Waals surface area contributed by atoms with Gasteiger partial charge in [-0.2, -0.15) is 5.10 Å². The molecule has 0 unspecified atom stereocenters. The molecular formula is C5H6N4O4. The monoisotopic (exact) mass is 186 g/mol. The number of rotatable bonds is 3. The lowest BCUT2D eigenvalue weighted by Gasteiger charge is -1.96. The van der Waals surface area contributed by atoms with Crippen LogP contribution in [0.3, 0.4) is 0 Å². The lowest BCUT2D eigenvalue weighted by Crippen LogP contribution is -2.24. The number of nitro groups is 1. The zero-order chi connectivity index (χ0) is 9.84. The van der Waals surface area contributed by atoms with Gasteiger partial charge in [-0.1, -0.05) is 0 Å². The van der Waals surface area contributed by atoms with Crippen molar-refractivity contribution in [1.29, 1.82) is 0 Å². The van der Waals surface area contributed by atoms with Crippen LogP contribution in [0, 0.1) is 10.1 Å². The standard InChI is InChI=1S/C5H6N4O4/c10-5(7-11)3-8-2-4(1-6-8)9(12)13/h1-2,11H,3H2,(H,7,10). The second-order valence-corrected chi connectivity index (χ2v) is 2.19. The topological polar surface area (TPSA) is 110 Å². The molecule has 1 aromatic heterocycles. The number of carbonyl (C=O) groups is 1. The normalized spacial score (nSPS) is 9.62. The second-order valence-electron chi connectivity index (χ2n) is 2.19. The zero-order valence-corrected chi connectivity index (χ0v) is 6.38. The maximum absolute atomic E-state index is 10.6. The van der Waals surface area contributed by atoms with Gasteiger partial charge in [-0.25, -0.2) is 5.48 Å². The average Bonchev–Trinajstić information content (AvgIpc) is 2.52. The van der Waals surface area contributed by atoms with Crippen LogP contribution in [0.25, 0.3) is 0 Å². The smallest absolute Gasteiger partial charge is 0.289 e. The zero-order valence-electron chi connectivity index (χ0n) is 6.38. The molecule has 1 amide bonds. The van der Waals surface area contributed by atoms with E-state index < -0.39 is 10.8 Å². The van der Waals surface area contributed by atoms with E-state index in [1.807, 2.05) is 0 Å². The highest BCUT2D eigenvalue weighted by Gasteiger charge is 2.10. The molecule has 0 aliphatic heterocycles. The quantitative estimate of drug-likeness (QED) is 0.368. The Morgan fingerprint density at radius 1 is 1.85 bits per heavy atom. The van der Waals surface area contributed by atoms with Gasteiger partial charge in [0.1, 0.15) is 18.9 Å². The maximum Gasteiger partial charge on any atom is 0.307 e. The molecule has 0 aliphatic carbocycles. The minimum absolute atomic E-state index is 0.203. The summed E-state index contributed by atoms with van der Waals surface area (Å²) in [6, 6.07) is 0. The molecule has 2 N–H and O–H groups in total. The highest BCUT2D eigenvalue weighted by molar-refractivity contribution is 5.74. The van der Waals surface area contributed by atoms with Crippen LogP contribution in [0.15, 0.2) is 12.4 Å². The maximum atomic E-state index is 10.6. The SMILES string of the molecule is O=C(Cn1cc([N+](=O)[O-])cn1)NO. The van der Waals surface area contributed by atoms with Crippen molar-refractivity contribution in [1.82, 2.24) is 15.3 Å². The van der Waals surface area contributed by atoms with Crippen molar-refractivity contribution >= 4 is 11.6 Å². The summed E-state index contributed by atoms with van der Waals surface area (Å²) < 4.78 is 1.05. The third-order valence-corrected chi connectivity index (χ3v) is 1.26. The first-order valence-corrected chi connectivity index (χ1v) is 3.23. The third kappa shape index (κ3) is 2.24. The van der Waals surface area contributed by atoms with Gasteiger partial charge in [0.05, 0.1) is 4.92 Å². The van der Waals surface area contributed by atoms with Gasteiger partial charge in [0.15, 0.2) is 0 Å². The van der Waals surface area contributed by atoms with E-state index in [-0.39, 0.29) is 12.2 Å². The fraction of sp³-hybridized carbons (Fsp3) is 0.200. The summed E-state index contributed by atoms with van der Waals surface area (Å²) >= 11 is 0. The van der Waals surface area contributed by atoms with Crippen LogP contribution < -0.4 is 5.48 Å². The number of carbonyl (C=O) groups excluding carboxylic acids is 1. The first kappa shape index (κ1) is 9.13. The number of hydrogen-bond acceptors (Lipinski definition) is 5. The summed E-state index contributed by atoms with van der Waals surface area (Å²) in [5, 5.41) is 21.8. The largest absolute Gasteiger partial charge is 0.307 e. The van der Waals surface area contributed by atoms with E-state index in [9.17, 15) is 14.9 Å². The summed E-state index contributed by atoms with van der Waals surface area (Å²) in [5.41, 5.74) is 1.18. The number of hydroxylamine groups is 1. The summed E-state index contributed by atoms with van der Waals surface area (Å²) in [6.45, 7) is -0.260. The lowest BCUT2D eigenvalue weighted by molar-refractivity contribution is -0.385. The number of hydrogen-bond donors (Lipinski definition) is 2. The van der Waals surface area contributed by atoms with E-state index in [0.717, 1.165) is 17.1 Å². The molecule has 0 aromatic carbocycles. The van der Waals surface area contributed by atoms with Crippen LogP contribution in [0.4, 0.5) is 5.69 Å². The Kier molecular flexibility index (Phi) is 2.55. The predicted molar refractivity (Wildman–Crippen MR) is 38.8 cm³/mol. The summed E-state index contributed by atoms with van der Waals surface area (Å²) in [7, 11) is 0. The number of amides is 1. The Morgan fingerprint density at radius 3 is 3.00 bits per heavy atom. The minimum atomic E-state index is -0.696. The van der Waals surface area contributed by atoms with Crippen LogP contribution in [-0.4, -0.2) is 25.8 Å². The Labute approximate surface area is 71.9 Å². The third-order valence-electron chi connectivity index (χ3n) is 1.26. The van der Waals surface area contributed by atoms with Crippen LogP contribution >= 0.6 is 0 Å². The van der Waals surface area contributed by atoms with Crippen LogP contribution in [0.5, 0.6) is 0 Å². The summed E-state index contributed by atoms with van der Waals surface area (Å²) in [4.78, 5) is 20.1. The van der Waals surface area contributed by atoms with Gasteiger partial charge >= 0.3 is 5.69 Å². The molecule has 0 aliphatic rings. The Morgan fingerprint density at radius 2 is 2.54 bits per heavy atom. The number of nitrogens with zero attached hydrogens (tertiary/aromatic N) is 3. The molecule has 70 valence electrons. The summed E-state index contributed by atoms with van der Waals surface area (Å²) in [5.74, 6) is -0.696. The molecule has 1 aromatic rings. The molecule has 1 rings (SSSR count). The van der Waals surface area contributed by atoms with Gasteiger partial charge < -0.3 is 0 Å². The van der Waals surface area contributed by atoms with Crippen LogP contribution in [0.1, 0.15) is 0 Å². The highest BCUT2D eigenvalue weighted by atomic mass is 16.6. The lowest BCUT2D eigenvalue weighted by atomic mass is 10.6. The first-order valence-electron chi connectivity index (χ1n) is 3.23. The van der Waals surface area contributed by atoms with E-state index in [2.05, 4.69) is 5.10 Å². The fourth-order valence-electron chi connectivity index (χ4n) is 0.716.